The molecule has 0 radical (unpaired) electrons. The highest BCUT2D eigenvalue weighted by Crippen LogP contribution is 2.18. The van der Waals surface area contributed by atoms with Crippen LogP contribution in [-0.4, -0.2) is 59.5 Å². The number of fused-ring (bicyclic) bond motifs is 1. The van der Waals surface area contributed by atoms with Crippen LogP contribution >= 0.6 is 0 Å². The first-order valence-electron chi connectivity index (χ1n) is 9.62. The quantitative estimate of drug-likeness (QED) is 0.786. The Hall–Kier alpha value is -2.45. The van der Waals surface area contributed by atoms with Crippen LogP contribution in [0.25, 0.3) is 6.08 Å². The van der Waals surface area contributed by atoms with E-state index in [2.05, 4.69) is 5.10 Å². The Labute approximate surface area is 165 Å². The summed E-state index contributed by atoms with van der Waals surface area (Å²) in [5.41, 5.74) is 2.42. The van der Waals surface area contributed by atoms with Crippen LogP contribution < -0.4 is 0 Å². The standard InChI is InChI=1S/C20H24N4O3S/c25-20(19-16-18-8-4-5-10-24(18)21-19)22-11-13-23(14-12-22)28(26,27)15-9-17-6-2-1-3-7-17/h1-3,6-7,9,15-16H,4-5,8,10-14H2. The molecule has 1 fully saturated rings. The van der Waals surface area contributed by atoms with Crippen molar-refractivity contribution in [2.45, 2.75) is 25.8 Å². The molecule has 1 aromatic heterocycles. The number of piperazine rings is 1. The van der Waals surface area contributed by atoms with Gasteiger partial charge in [-0.2, -0.15) is 9.40 Å². The molecule has 148 valence electrons. The Morgan fingerprint density at radius 1 is 1.00 bits per heavy atom. The van der Waals surface area contributed by atoms with Crippen molar-refractivity contribution in [2.24, 2.45) is 0 Å². The lowest BCUT2D eigenvalue weighted by Crippen LogP contribution is -2.50. The number of sulfonamides is 1. The maximum atomic E-state index is 12.8. The van der Waals surface area contributed by atoms with E-state index in [4.69, 9.17) is 0 Å². The van der Waals surface area contributed by atoms with E-state index in [0.717, 1.165) is 37.1 Å². The first-order valence-corrected chi connectivity index (χ1v) is 11.1. The van der Waals surface area contributed by atoms with Gasteiger partial charge in [0.25, 0.3) is 5.91 Å². The molecule has 1 aromatic carbocycles. The molecular weight excluding hydrogens is 376 g/mol. The van der Waals surface area contributed by atoms with Crippen LogP contribution in [0.4, 0.5) is 0 Å². The number of aryl methyl sites for hydroxylation is 2. The van der Waals surface area contributed by atoms with Gasteiger partial charge in [-0.25, -0.2) is 8.42 Å². The number of amides is 1. The Morgan fingerprint density at radius 2 is 1.75 bits per heavy atom. The molecule has 0 unspecified atom stereocenters. The smallest absolute Gasteiger partial charge is 0.274 e. The van der Waals surface area contributed by atoms with Crippen LogP contribution in [0.15, 0.2) is 41.8 Å². The van der Waals surface area contributed by atoms with Gasteiger partial charge in [-0.05, 0) is 37.0 Å². The van der Waals surface area contributed by atoms with Crippen molar-refractivity contribution in [2.75, 3.05) is 26.2 Å². The summed E-state index contributed by atoms with van der Waals surface area (Å²) < 4.78 is 28.5. The Bertz CT molecular complexity index is 951. The predicted octanol–water partition coefficient (Wildman–Crippen LogP) is 1.98. The second kappa shape index (κ2) is 7.89. The van der Waals surface area contributed by atoms with Crippen molar-refractivity contribution in [3.63, 3.8) is 0 Å². The fourth-order valence-electron chi connectivity index (χ4n) is 3.64. The van der Waals surface area contributed by atoms with Crippen molar-refractivity contribution < 1.29 is 13.2 Å². The largest absolute Gasteiger partial charge is 0.335 e. The fraction of sp³-hybridized carbons (Fsp3) is 0.400. The predicted molar refractivity (Wildman–Crippen MR) is 107 cm³/mol. The molecule has 0 bridgehead atoms. The van der Waals surface area contributed by atoms with Crippen LogP contribution in [0.3, 0.4) is 0 Å². The van der Waals surface area contributed by atoms with Gasteiger partial charge >= 0.3 is 0 Å². The molecule has 0 saturated carbocycles. The molecule has 4 rings (SSSR count). The summed E-state index contributed by atoms with van der Waals surface area (Å²) in [6.45, 7) is 2.20. The molecule has 0 aliphatic carbocycles. The van der Waals surface area contributed by atoms with Crippen LogP contribution in [0.2, 0.25) is 0 Å². The fourth-order valence-corrected chi connectivity index (χ4v) is 4.82. The van der Waals surface area contributed by atoms with Crippen molar-refractivity contribution in [1.82, 2.24) is 19.0 Å². The molecule has 2 aliphatic heterocycles. The molecule has 2 aliphatic rings. The van der Waals surface area contributed by atoms with Gasteiger partial charge in [-0.15, -0.1) is 0 Å². The van der Waals surface area contributed by atoms with Gasteiger partial charge in [0.2, 0.25) is 10.0 Å². The number of aromatic nitrogens is 2. The summed E-state index contributed by atoms with van der Waals surface area (Å²) >= 11 is 0. The molecule has 1 amide bonds. The Morgan fingerprint density at radius 3 is 2.46 bits per heavy atom. The van der Waals surface area contributed by atoms with Crippen molar-refractivity contribution in [3.05, 3.63) is 58.8 Å². The molecule has 3 heterocycles. The van der Waals surface area contributed by atoms with Gasteiger partial charge < -0.3 is 4.90 Å². The number of nitrogens with zero attached hydrogens (tertiary/aromatic N) is 4. The van der Waals surface area contributed by atoms with E-state index in [1.807, 2.05) is 41.1 Å². The minimum atomic E-state index is -3.50. The normalized spacial score (nSPS) is 18.4. The molecule has 0 atom stereocenters. The Balaban J connectivity index is 1.38. The van der Waals surface area contributed by atoms with Crippen LogP contribution in [0.1, 0.15) is 34.6 Å². The zero-order chi connectivity index (χ0) is 19.6. The number of rotatable bonds is 4. The molecule has 8 heteroatoms. The molecular formula is C20H24N4O3S. The van der Waals surface area contributed by atoms with E-state index in [0.29, 0.717) is 31.9 Å². The van der Waals surface area contributed by atoms with Crippen LogP contribution in [0.5, 0.6) is 0 Å². The minimum Gasteiger partial charge on any atom is -0.335 e. The SMILES string of the molecule is O=C(c1cc2n(n1)CCCC2)N1CCN(S(=O)(=O)C=Cc2ccccc2)CC1. The molecule has 7 nitrogen and oxygen atoms in total. The van der Waals surface area contributed by atoms with Gasteiger partial charge in [0.05, 0.1) is 0 Å². The molecule has 1 saturated heterocycles. The second-order valence-corrected chi connectivity index (χ2v) is 8.97. The van der Waals surface area contributed by atoms with Gasteiger partial charge in [0.1, 0.15) is 0 Å². The summed E-state index contributed by atoms with van der Waals surface area (Å²) in [7, 11) is -3.50. The van der Waals surface area contributed by atoms with Gasteiger partial charge in [0.15, 0.2) is 5.69 Å². The average molecular weight is 401 g/mol. The van der Waals surface area contributed by atoms with Crippen molar-refractivity contribution in [3.8, 4) is 0 Å². The first-order chi connectivity index (χ1) is 13.5. The van der Waals surface area contributed by atoms with Crippen molar-refractivity contribution in [1.29, 1.82) is 0 Å². The van der Waals surface area contributed by atoms with Crippen molar-refractivity contribution >= 4 is 22.0 Å². The Kier molecular flexibility index (Phi) is 5.32. The van der Waals surface area contributed by atoms with E-state index in [1.54, 1.807) is 11.0 Å². The monoisotopic (exact) mass is 400 g/mol. The molecule has 0 spiro atoms. The zero-order valence-electron chi connectivity index (χ0n) is 15.7. The van der Waals surface area contributed by atoms with E-state index >= 15 is 0 Å². The van der Waals surface area contributed by atoms with Gasteiger partial charge in [-0.3, -0.25) is 9.48 Å². The molecule has 0 N–H and O–H groups in total. The summed E-state index contributed by atoms with van der Waals surface area (Å²) in [4.78, 5) is 14.4. The van der Waals surface area contributed by atoms with Crippen LogP contribution in [0, 0.1) is 0 Å². The maximum Gasteiger partial charge on any atom is 0.274 e. The first kappa shape index (κ1) is 18.9. The highest BCUT2D eigenvalue weighted by atomic mass is 32.2. The number of hydrogen-bond acceptors (Lipinski definition) is 4. The number of benzene rings is 1. The van der Waals surface area contributed by atoms with E-state index in [9.17, 15) is 13.2 Å². The molecule has 28 heavy (non-hydrogen) atoms. The third-order valence-corrected chi connectivity index (χ3v) is 6.82. The summed E-state index contributed by atoms with van der Waals surface area (Å²) in [5, 5.41) is 5.68. The van der Waals surface area contributed by atoms with E-state index < -0.39 is 10.0 Å². The van der Waals surface area contributed by atoms with Crippen LogP contribution in [-0.2, 0) is 23.0 Å². The summed E-state index contributed by atoms with van der Waals surface area (Å²) in [6.07, 6.45) is 4.78. The average Bonchev–Trinajstić information content (AvgIpc) is 3.17. The lowest BCUT2D eigenvalue weighted by Gasteiger charge is -2.32. The topological polar surface area (TPSA) is 75.5 Å². The highest BCUT2D eigenvalue weighted by molar-refractivity contribution is 7.92. The lowest BCUT2D eigenvalue weighted by atomic mass is 10.1. The second-order valence-electron chi connectivity index (χ2n) is 7.15. The third kappa shape index (κ3) is 4.02. The van der Waals surface area contributed by atoms with Gasteiger partial charge in [-0.1, -0.05) is 30.3 Å². The lowest BCUT2D eigenvalue weighted by molar-refractivity contribution is 0.0691. The third-order valence-electron chi connectivity index (χ3n) is 5.25. The molecule has 2 aromatic rings. The summed E-state index contributed by atoms with van der Waals surface area (Å²) in [6, 6.07) is 11.2. The minimum absolute atomic E-state index is 0.112. The van der Waals surface area contributed by atoms with Gasteiger partial charge in [0, 0.05) is 43.8 Å². The van der Waals surface area contributed by atoms with E-state index in [-0.39, 0.29) is 5.91 Å². The highest BCUT2D eigenvalue weighted by Gasteiger charge is 2.29. The number of hydrogen-bond donors (Lipinski definition) is 0. The maximum absolute atomic E-state index is 12.8. The van der Waals surface area contributed by atoms with E-state index in [1.165, 1.54) is 9.71 Å². The number of carbonyl (C=O) groups is 1. The summed E-state index contributed by atoms with van der Waals surface area (Å²) in [5.74, 6) is -0.112. The number of carbonyl (C=O) groups excluding carboxylic acids is 1. The zero-order valence-corrected chi connectivity index (χ0v) is 16.5.